The third-order valence-corrected chi connectivity index (χ3v) is 10.1. The molecule has 2 heterocycles. The van der Waals surface area contributed by atoms with Gasteiger partial charge in [-0.2, -0.15) is 12.4 Å². The van der Waals surface area contributed by atoms with E-state index in [9.17, 15) is 32.8 Å². The monoisotopic (exact) mass is 612 g/mol. The van der Waals surface area contributed by atoms with E-state index in [1.807, 2.05) is 4.98 Å². The molecule has 5 atom stereocenters. The number of phosphoric ester groups is 1. The van der Waals surface area contributed by atoms with Crippen LogP contribution in [0, 0.1) is 0 Å². The van der Waals surface area contributed by atoms with E-state index in [1.165, 1.54) is 57.8 Å². The molecule has 0 spiro atoms. The number of phosphoric acid groups is 1. The van der Waals surface area contributed by atoms with Crippen molar-refractivity contribution >= 4 is 17.9 Å². The molecule has 1 unspecified atom stereocenters. The molecule has 0 aromatic carbocycles. The van der Waals surface area contributed by atoms with E-state index in [0.29, 0.717) is 12.8 Å². The van der Waals surface area contributed by atoms with Crippen LogP contribution >= 0.6 is 7.82 Å². The molecule has 1 aliphatic heterocycles. The first kappa shape index (κ1) is 34.8. The highest BCUT2D eigenvalue weighted by atomic mass is 32.2. The lowest BCUT2D eigenvalue weighted by molar-refractivity contribution is -0.135. The van der Waals surface area contributed by atoms with Gasteiger partial charge in [0.1, 0.15) is 12.2 Å². The lowest BCUT2D eigenvalue weighted by Gasteiger charge is -2.21. The minimum Gasteiger partial charge on any atom is -0.385 e. The molecular weight excluding hydrogens is 567 g/mol. The van der Waals surface area contributed by atoms with Crippen LogP contribution in [0.1, 0.15) is 103 Å². The fourth-order valence-corrected chi connectivity index (χ4v) is 7.31. The summed E-state index contributed by atoms with van der Waals surface area (Å²) >= 11 is 0. The van der Waals surface area contributed by atoms with Crippen LogP contribution in [-0.4, -0.2) is 59.5 Å². The maximum Gasteiger partial charge on any atom is 0.491 e. The number of rotatable bonds is 21. The van der Waals surface area contributed by atoms with Crippen molar-refractivity contribution < 1.29 is 41.0 Å². The van der Waals surface area contributed by atoms with Crippen LogP contribution in [0.2, 0.25) is 0 Å². The number of unbranched alkanes of at least 4 members (excludes halogenated alkanes) is 13. The van der Waals surface area contributed by atoms with Gasteiger partial charge in [0.05, 0.1) is 5.75 Å². The molecule has 40 heavy (non-hydrogen) atoms. The lowest BCUT2D eigenvalue weighted by atomic mass is 10.0. The molecule has 232 valence electrons. The first-order valence-corrected chi connectivity index (χ1v) is 17.2. The van der Waals surface area contributed by atoms with Crippen molar-refractivity contribution in [2.45, 2.75) is 122 Å². The third-order valence-electron chi connectivity index (χ3n) is 6.73. The highest BCUT2D eigenvalue weighted by molar-refractivity contribution is 7.90. The number of hydrogen-bond donors (Lipinski definition) is 3. The zero-order chi connectivity index (χ0) is 29.6. The number of hydrogen-bond acceptors (Lipinski definition) is 11. The number of H-pyrrole nitrogens is 1. The average molecular weight is 613 g/mol. The Morgan fingerprint density at radius 3 is 1.95 bits per heavy atom. The van der Waals surface area contributed by atoms with Gasteiger partial charge in [0.2, 0.25) is 0 Å². The molecule has 1 aromatic rings. The van der Waals surface area contributed by atoms with Crippen molar-refractivity contribution in [2.24, 2.45) is 0 Å². The average Bonchev–Trinajstić information content (AvgIpc) is 3.16. The van der Waals surface area contributed by atoms with Gasteiger partial charge < -0.3 is 14.9 Å². The molecular formula is C25H45N2O11PS. The van der Waals surface area contributed by atoms with Crippen molar-refractivity contribution in [1.29, 1.82) is 0 Å². The Kier molecular flexibility index (Phi) is 15.3. The smallest absolute Gasteiger partial charge is 0.385 e. The molecule has 0 bridgehead atoms. The quantitative estimate of drug-likeness (QED) is 0.136. The summed E-state index contributed by atoms with van der Waals surface area (Å²) < 4.78 is 58.2. The minimum absolute atomic E-state index is 0.294. The van der Waals surface area contributed by atoms with E-state index in [2.05, 4.69) is 11.4 Å². The zero-order valence-corrected chi connectivity index (χ0v) is 25.2. The van der Waals surface area contributed by atoms with Crippen LogP contribution in [0.25, 0.3) is 0 Å². The van der Waals surface area contributed by atoms with Gasteiger partial charge in [0, 0.05) is 19.4 Å². The van der Waals surface area contributed by atoms with Crippen LogP contribution in [-0.2, 0) is 32.4 Å². The Morgan fingerprint density at radius 2 is 1.45 bits per heavy atom. The summed E-state index contributed by atoms with van der Waals surface area (Å²) in [6.07, 6.45) is 9.49. The Labute approximate surface area is 235 Å². The summed E-state index contributed by atoms with van der Waals surface area (Å²) in [5.74, 6) is -0.409. The van der Waals surface area contributed by atoms with E-state index in [0.717, 1.165) is 43.2 Å². The first-order valence-electron chi connectivity index (χ1n) is 14.1. The van der Waals surface area contributed by atoms with E-state index in [4.69, 9.17) is 13.2 Å². The molecule has 2 rings (SSSR count). The Hall–Kier alpha value is -1.38. The third kappa shape index (κ3) is 11.8. The second kappa shape index (κ2) is 17.5. The maximum atomic E-state index is 12.9. The predicted octanol–water partition coefficient (Wildman–Crippen LogP) is 3.71. The summed E-state index contributed by atoms with van der Waals surface area (Å²) in [5.41, 5.74) is -1.63. The molecule has 13 nitrogen and oxygen atoms in total. The molecule has 1 aromatic heterocycles. The molecule has 0 aliphatic carbocycles. The molecule has 3 N–H and O–H groups in total. The molecule has 0 amide bonds. The van der Waals surface area contributed by atoms with Crippen molar-refractivity contribution in [3.05, 3.63) is 33.1 Å². The molecule has 15 heteroatoms. The number of nitrogens with zero attached hydrogens (tertiary/aromatic N) is 1. The van der Waals surface area contributed by atoms with Crippen LogP contribution in [0.3, 0.4) is 0 Å². The van der Waals surface area contributed by atoms with Crippen molar-refractivity contribution in [2.75, 3.05) is 12.9 Å². The van der Waals surface area contributed by atoms with Crippen LogP contribution in [0.4, 0.5) is 0 Å². The van der Waals surface area contributed by atoms with E-state index < -0.39 is 59.7 Å². The largest absolute Gasteiger partial charge is 0.491 e. The van der Waals surface area contributed by atoms with Crippen LogP contribution < -0.4 is 11.2 Å². The van der Waals surface area contributed by atoms with Crippen molar-refractivity contribution in [3.8, 4) is 0 Å². The zero-order valence-electron chi connectivity index (χ0n) is 23.4. The van der Waals surface area contributed by atoms with Crippen molar-refractivity contribution in [3.63, 3.8) is 0 Å². The topological polar surface area (TPSA) is 183 Å². The molecule has 1 saturated heterocycles. The molecule has 0 radical (unpaired) electrons. The van der Waals surface area contributed by atoms with Gasteiger partial charge >= 0.3 is 13.5 Å². The van der Waals surface area contributed by atoms with Gasteiger partial charge in [0.25, 0.3) is 15.7 Å². The number of aromatic nitrogens is 2. The van der Waals surface area contributed by atoms with Gasteiger partial charge in [-0.15, -0.1) is 0 Å². The Bertz CT molecular complexity index is 1140. The van der Waals surface area contributed by atoms with E-state index in [-0.39, 0.29) is 0 Å². The highest BCUT2D eigenvalue weighted by Crippen LogP contribution is 2.53. The standard InChI is InChI=1S/C25H45N2O11PS/c1-3-4-5-6-7-8-9-10-11-12-13-14-15-16-19-40(33,34)38-39(32,35-2)37-24-22(30)21(29)23(36-24)27-18-17-20(28)26-25(27)31/h17-18,21-24,29-30H,3-16,19H2,1-2H3,(H,26,28,31)/t21-,22+,23-,24-,39?/m1/s1. The Morgan fingerprint density at radius 1 is 0.925 bits per heavy atom. The van der Waals surface area contributed by atoms with Crippen LogP contribution in [0.5, 0.6) is 0 Å². The lowest BCUT2D eigenvalue weighted by Crippen LogP contribution is -2.37. The van der Waals surface area contributed by atoms with Gasteiger partial charge in [-0.1, -0.05) is 90.4 Å². The summed E-state index contributed by atoms with van der Waals surface area (Å²) in [7, 11) is -8.22. The molecule has 1 aliphatic rings. The fraction of sp³-hybridized carbons (Fsp3) is 0.840. The minimum atomic E-state index is -4.79. The number of ether oxygens (including phenoxy) is 1. The second-order valence-electron chi connectivity index (χ2n) is 10.1. The van der Waals surface area contributed by atoms with Gasteiger partial charge in [-0.3, -0.25) is 23.4 Å². The number of aliphatic hydroxyl groups excluding tert-OH is 2. The van der Waals surface area contributed by atoms with Gasteiger partial charge in [-0.25, -0.2) is 9.36 Å². The number of nitrogens with one attached hydrogen (secondary N) is 1. The SMILES string of the molecule is CCCCCCCCCCCCCCCCS(=O)(=O)OP(=O)(OC)O[C@H]1O[C@@H](n2ccc(=O)[nH]c2=O)[C@H](O)[C@@H]1O. The first-order chi connectivity index (χ1) is 19.0. The Balaban J connectivity index is 1.71. The van der Waals surface area contributed by atoms with E-state index in [1.54, 1.807) is 0 Å². The summed E-state index contributed by atoms with van der Waals surface area (Å²) in [5, 5.41) is 20.5. The second-order valence-corrected chi connectivity index (χ2v) is 13.7. The molecule has 0 saturated carbocycles. The van der Waals surface area contributed by atoms with Crippen LogP contribution in [0.15, 0.2) is 21.9 Å². The highest BCUT2D eigenvalue weighted by Gasteiger charge is 2.49. The number of aromatic amines is 1. The molecule has 1 fully saturated rings. The number of aliphatic hydroxyl groups is 2. The maximum absolute atomic E-state index is 12.9. The van der Waals surface area contributed by atoms with Crippen molar-refractivity contribution in [1.82, 2.24) is 9.55 Å². The summed E-state index contributed by atoms with van der Waals surface area (Å²) in [6.45, 7) is 2.22. The summed E-state index contributed by atoms with van der Waals surface area (Å²) in [4.78, 5) is 25.2. The summed E-state index contributed by atoms with van der Waals surface area (Å²) in [6, 6.07) is 0.991. The normalized spacial score (nSPS) is 22.9. The predicted molar refractivity (Wildman–Crippen MR) is 148 cm³/mol. The van der Waals surface area contributed by atoms with Gasteiger partial charge in [0.15, 0.2) is 12.5 Å². The van der Waals surface area contributed by atoms with Gasteiger partial charge in [-0.05, 0) is 6.42 Å². The van der Waals surface area contributed by atoms with E-state index >= 15 is 0 Å². The fourth-order valence-electron chi connectivity index (χ4n) is 4.44.